The number of allylic oxidation sites excluding steroid dienone is 2. The van der Waals surface area contributed by atoms with E-state index in [1.807, 2.05) is 30.3 Å². The van der Waals surface area contributed by atoms with Crippen LogP contribution in [0.1, 0.15) is 44.1 Å². The number of primary amides is 1. The fourth-order valence-corrected chi connectivity index (χ4v) is 6.29. The summed E-state index contributed by atoms with van der Waals surface area (Å²) >= 11 is 0. The zero-order valence-electron chi connectivity index (χ0n) is 21.2. The van der Waals surface area contributed by atoms with Gasteiger partial charge in [0.05, 0.1) is 30.7 Å². The molecule has 2 fully saturated rings. The number of unbranched alkanes of at least 4 members (excludes halogenated alkanes) is 1. The highest BCUT2D eigenvalue weighted by molar-refractivity contribution is 7.87. The van der Waals surface area contributed by atoms with E-state index < -0.39 is 21.5 Å². The number of ether oxygens (including phenoxy) is 2. The molecule has 1 aliphatic carbocycles. The van der Waals surface area contributed by atoms with E-state index in [1.165, 1.54) is 19.1 Å². The summed E-state index contributed by atoms with van der Waals surface area (Å²) in [6, 6.07) is 15.3. The van der Waals surface area contributed by atoms with Crippen LogP contribution in [0.3, 0.4) is 0 Å². The van der Waals surface area contributed by atoms with E-state index in [0.29, 0.717) is 36.1 Å². The summed E-state index contributed by atoms with van der Waals surface area (Å²) in [5, 5.41) is 12.2. The van der Waals surface area contributed by atoms with Gasteiger partial charge in [-0.15, -0.1) is 0 Å². The minimum absolute atomic E-state index is 0.477. The van der Waals surface area contributed by atoms with Gasteiger partial charge in [-0.05, 0) is 86.1 Å². The van der Waals surface area contributed by atoms with Gasteiger partial charge in [-0.1, -0.05) is 23.4 Å². The van der Waals surface area contributed by atoms with E-state index in [9.17, 15) is 9.00 Å². The van der Waals surface area contributed by atoms with E-state index in [1.54, 1.807) is 31.4 Å². The van der Waals surface area contributed by atoms with Crippen LogP contribution in [-0.2, 0) is 15.6 Å². The Bertz CT molecular complexity index is 1140. The third-order valence-electron chi connectivity index (χ3n) is 7.11. The van der Waals surface area contributed by atoms with E-state index in [0.717, 1.165) is 42.8 Å². The highest BCUT2D eigenvalue weighted by Gasteiger charge is 2.47. The van der Waals surface area contributed by atoms with Crippen LogP contribution in [0.4, 0.5) is 0 Å². The van der Waals surface area contributed by atoms with E-state index in [2.05, 4.69) is 10.1 Å². The molecule has 1 saturated heterocycles. The molecule has 2 aromatic rings. The third-order valence-corrected chi connectivity index (χ3v) is 9.13. The number of rotatable bonds is 12. The quantitative estimate of drug-likeness (QED) is 0.187. The van der Waals surface area contributed by atoms with Crippen molar-refractivity contribution in [3.05, 3.63) is 60.2 Å². The van der Waals surface area contributed by atoms with Gasteiger partial charge in [-0.2, -0.15) is 0 Å². The number of benzene rings is 2. The standard InChI is InChI=1S/C28H35N3O5S/c1-35-24-9-5-21(6-10-24)22(20-30-33)4-2-3-19-36-25-11-13-26(14-12-25)37(34)28(27(29)32)15-17-31(18-16-28)23-7-8-23/h4-6,9-14,20,23,33H,2-3,7-8,15-19H2,1H3,(H2,29,32)/b22-4+,30-20?. The van der Waals surface area contributed by atoms with Gasteiger partial charge in [-0.25, -0.2) is 0 Å². The Labute approximate surface area is 220 Å². The fourth-order valence-electron chi connectivity index (χ4n) is 4.72. The van der Waals surface area contributed by atoms with Crippen LogP contribution in [-0.4, -0.2) is 64.0 Å². The van der Waals surface area contributed by atoms with Gasteiger partial charge in [0.25, 0.3) is 0 Å². The molecule has 1 heterocycles. The first kappa shape index (κ1) is 26.9. The zero-order chi connectivity index (χ0) is 26.3. The van der Waals surface area contributed by atoms with Crippen molar-refractivity contribution < 1.29 is 23.7 Å². The van der Waals surface area contributed by atoms with Crippen LogP contribution >= 0.6 is 0 Å². The number of hydrogen-bond donors (Lipinski definition) is 2. The maximum absolute atomic E-state index is 13.4. The van der Waals surface area contributed by atoms with Crippen molar-refractivity contribution in [1.82, 2.24) is 4.90 Å². The molecule has 198 valence electrons. The lowest BCUT2D eigenvalue weighted by Gasteiger charge is -2.39. The van der Waals surface area contributed by atoms with Crippen molar-refractivity contribution in [3.8, 4) is 11.5 Å². The molecule has 37 heavy (non-hydrogen) atoms. The highest BCUT2D eigenvalue weighted by atomic mass is 32.2. The number of methoxy groups -OCH3 is 1. The number of nitrogens with two attached hydrogens (primary N) is 1. The third kappa shape index (κ3) is 6.59. The Morgan fingerprint density at radius 1 is 1.14 bits per heavy atom. The summed E-state index contributed by atoms with van der Waals surface area (Å²) in [5.74, 6) is 0.958. The molecule has 2 aromatic carbocycles. The maximum atomic E-state index is 13.4. The largest absolute Gasteiger partial charge is 0.497 e. The number of carbonyl (C=O) groups is 1. The second-order valence-corrected chi connectivity index (χ2v) is 11.3. The van der Waals surface area contributed by atoms with Crippen molar-refractivity contribution in [3.63, 3.8) is 0 Å². The molecule has 1 atom stereocenters. The second kappa shape index (κ2) is 12.4. The average molecular weight is 526 g/mol. The van der Waals surface area contributed by atoms with Crippen LogP contribution in [0, 0.1) is 0 Å². The number of amides is 1. The number of nitrogens with zero attached hydrogens (tertiary/aromatic N) is 2. The molecular formula is C28H35N3O5S. The summed E-state index contributed by atoms with van der Waals surface area (Å²) in [7, 11) is 0.0990. The molecule has 1 aliphatic heterocycles. The number of piperidine rings is 1. The van der Waals surface area contributed by atoms with Crippen molar-refractivity contribution in [2.45, 2.75) is 54.2 Å². The second-order valence-electron chi connectivity index (χ2n) is 9.49. The number of carbonyl (C=O) groups excluding carboxylic acids is 1. The molecule has 1 unspecified atom stereocenters. The minimum atomic E-state index is -1.52. The molecule has 9 heteroatoms. The van der Waals surface area contributed by atoms with Gasteiger partial charge in [0.1, 0.15) is 16.2 Å². The lowest BCUT2D eigenvalue weighted by Crippen LogP contribution is -2.55. The molecule has 0 aromatic heterocycles. The number of hydrogen-bond acceptors (Lipinski definition) is 7. The Morgan fingerprint density at radius 2 is 1.78 bits per heavy atom. The molecule has 0 spiro atoms. The van der Waals surface area contributed by atoms with E-state index in [-0.39, 0.29) is 0 Å². The van der Waals surface area contributed by atoms with Crippen LogP contribution in [0.5, 0.6) is 11.5 Å². The van der Waals surface area contributed by atoms with Gasteiger partial charge < -0.3 is 25.3 Å². The van der Waals surface area contributed by atoms with Crippen molar-refractivity contribution in [2.75, 3.05) is 26.8 Å². The Balaban J connectivity index is 1.29. The van der Waals surface area contributed by atoms with E-state index in [4.69, 9.17) is 20.4 Å². The first-order valence-corrected chi connectivity index (χ1v) is 13.8. The SMILES string of the molecule is COc1ccc(/C(C=NO)=C/CCCOc2ccc(S(=O)C3(C(N)=O)CCN(C4CC4)CC3)cc2)cc1. The van der Waals surface area contributed by atoms with Gasteiger partial charge >= 0.3 is 0 Å². The lowest BCUT2D eigenvalue weighted by molar-refractivity contribution is -0.121. The Hall–Kier alpha value is -3.17. The average Bonchev–Trinajstić information content (AvgIpc) is 3.78. The number of oxime groups is 1. The van der Waals surface area contributed by atoms with Gasteiger partial charge in [0.15, 0.2) is 0 Å². The normalized spacial score (nSPS) is 19.0. The number of likely N-dealkylation sites (tertiary alicyclic amines) is 1. The molecule has 8 nitrogen and oxygen atoms in total. The first-order valence-electron chi connectivity index (χ1n) is 12.7. The van der Waals surface area contributed by atoms with Crippen LogP contribution < -0.4 is 15.2 Å². The highest BCUT2D eigenvalue weighted by Crippen LogP contribution is 2.37. The fraction of sp³-hybridized carbons (Fsp3) is 0.429. The minimum Gasteiger partial charge on any atom is -0.497 e. The van der Waals surface area contributed by atoms with Gasteiger partial charge in [0.2, 0.25) is 5.91 Å². The maximum Gasteiger partial charge on any atom is 0.236 e. The smallest absolute Gasteiger partial charge is 0.236 e. The molecule has 0 bridgehead atoms. The van der Waals surface area contributed by atoms with Gasteiger partial charge in [0, 0.05) is 24.0 Å². The summed E-state index contributed by atoms with van der Waals surface area (Å²) < 4.78 is 23.5. The summed E-state index contributed by atoms with van der Waals surface area (Å²) in [5.41, 5.74) is 7.52. The van der Waals surface area contributed by atoms with Crippen molar-refractivity contribution in [1.29, 1.82) is 0 Å². The van der Waals surface area contributed by atoms with Crippen LogP contribution in [0.2, 0.25) is 0 Å². The summed E-state index contributed by atoms with van der Waals surface area (Å²) in [6.07, 6.45) is 8.37. The molecule has 3 N–H and O–H groups in total. The van der Waals surface area contributed by atoms with E-state index >= 15 is 0 Å². The molecular weight excluding hydrogens is 490 g/mol. The van der Waals surface area contributed by atoms with Crippen molar-refractivity contribution >= 4 is 28.5 Å². The molecule has 2 aliphatic rings. The van der Waals surface area contributed by atoms with Crippen molar-refractivity contribution in [2.24, 2.45) is 10.9 Å². The molecule has 4 rings (SSSR count). The molecule has 1 amide bonds. The predicted molar refractivity (Wildman–Crippen MR) is 145 cm³/mol. The Kier molecular flexibility index (Phi) is 9.00. The lowest BCUT2D eigenvalue weighted by atomic mass is 9.95. The van der Waals surface area contributed by atoms with Crippen LogP contribution in [0.25, 0.3) is 5.57 Å². The topological polar surface area (TPSA) is 114 Å². The van der Waals surface area contributed by atoms with Gasteiger partial charge in [-0.3, -0.25) is 9.00 Å². The zero-order valence-corrected chi connectivity index (χ0v) is 22.0. The predicted octanol–water partition coefficient (Wildman–Crippen LogP) is 3.99. The van der Waals surface area contributed by atoms with Crippen LogP contribution in [0.15, 0.2) is 64.7 Å². The molecule has 1 saturated carbocycles. The summed E-state index contributed by atoms with van der Waals surface area (Å²) in [4.78, 5) is 15.4. The summed E-state index contributed by atoms with van der Waals surface area (Å²) in [6.45, 7) is 2.02. The Morgan fingerprint density at radius 3 is 2.35 bits per heavy atom. The molecule has 0 radical (unpaired) electrons. The monoisotopic (exact) mass is 525 g/mol. The first-order chi connectivity index (χ1) is 18.0.